The normalized spacial score (nSPS) is 20.1. The average Bonchev–Trinajstić information content (AvgIpc) is 3.45. The summed E-state index contributed by atoms with van der Waals surface area (Å²) in [7, 11) is 0. The van der Waals surface area contributed by atoms with Gasteiger partial charge in [0.2, 0.25) is 11.8 Å². The molecular formula is C28H19Cl3N2O6S2. The highest BCUT2D eigenvalue weighted by atomic mass is 35.5. The summed E-state index contributed by atoms with van der Waals surface area (Å²) < 4.78 is 12.0. The molecule has 1 saturated heterocycles. The Kier molecular flexibility index (Phi) is 8.73. The van der Waals surface area contributed by atoms with Gasteiger partial charge in [-0.25, -0.2) is 4.79 Å². The topological polar surface area (TPSA) is 105 Å². The molecule has 2 aliphatic rings. The van der Waals surface area contributed by atoms with Gasteiger partial charge >= 0.3 is 5.97 Å². The van der Waals surface area contributed by atoms with Crippen LogP contribution in [-0.2, 0) is 20.8 Å². The van der Waals surface area contributed by atoms with E-state index < -0.39 is 35.4 Å². The summed E-state index contributed by atoms with van der Waals surface area (Å²) in [6.45, 7) is 0. The maximum absolute atomic E-state index is 13.1. The lowest BCUT2D eigenvalue weighted by Gasteiger charge is -2.51. The minimum Gasteiger partial charge on any atom is -0.479 e. The molecule has 0 spiro atoms. The first kappa shape index (κ1) is 29.2. The second-order valence-electron chi connectivity index (χ2n) is 8.86. The molecule has 0 bridgehead atoms. The molecule has 1 aromatic heterocycles. The predicted octanol–water partition coefficient (Wildman–Crippen LogP) is 5.86. The highest BCUT2D eigenvalue weighted by Crippen LogP contribution is 2.43. The Hall–Kier alpha value is -3.33. The number of carbonyl (C=O) groups is 3. The van der Waals surface area contributed by atoms with E-state index in [1.54, 1.807) is 29.7 Å². The molecule has 8 nitrogen and oxygen atoms in total. The number of ether oxygens (including phenoxy) is 2. The van der Waals surface area contributed by atoms with Gasteiger partial charge in [-0.05, 0) is 47.2 Å². The summed E-state index contributed by atoms with van der Waals surface area (Å²) in [6, 6.07) is 10.7. The van der Waals surface area contributed by atoms with E-state index in [4.69, 9.17) is 50.7 Å². The summed E-state index contributed by atoms with van der Waals surface area (Å²) in [6.07, 6.45) is 4.72. The fourth-order valence-electron chi connectivity index (χ4n) is 4.33. The average molecular weight is 650 g/mol. The number of nitrogens with one attached hydrogen (secondary N) is 1. The molecule has 4 atom stereocenters. The van der Waals surface area contributed by atoms with Crippen molar-refractivity contribution in [1.82, 2.24) is 10.2 Å². The molecule has 0 saturated carbocycles. The number of halogens is 3. The van der Waals surface area contributed by atoms with Crippen LogP contribution >= 0.6 is 57.9 Å². The van der Waals surface area contributed by atoms with Crippen LogP contribution in [0.3, 0.4) is 0 Å². The van der Waals surface area contributed by atoms with Crippen LogP contribution in [0.2, 0.25) is 15.1 Å². The lowest BCUT2D eigenvalue weighted by atomic mass is 9.95. The first-order valence-corrected chi connectivity index (χ1v) is 14.9. The van der Waals surface area contributed by atoms with Crippen molar-refractivity contribution in [3.8, 4) is 29.6 Å². The number of hydrogen-bond donors (Lipinski definition) is 2. The molecule has 210 valence electrons. The monoisotopic (exact) mass is 648 g/mol. The number of nitrogens with zero attached hydrogens (tertiary/aromatic N) is 1. The van der Waals surface area contributed by atoms with Crippen LogP contribution in [-0.4, -0.2) is 51.4 Å². The van der Waals surface area contributed by atoms with Crippen molar-refractivity contribution in [3.63, 3.8) is 0 Å². The number of benzene rings is 2. The van der Waals surface area contributed by atoms with Crippen molar-refractivity contribution >= 4 is 75.7 Å². The van der Waals surface area contributed by atoms with Crippen molar-refractivity contribution in [1.29, 1.82) is 0 Å². The molecule has 13 heteroatoms. The third kappa shape index (κ3) is 6.15. The number of rotatable bonds is 9. The van der Waals surface area contributed by atoms with E-state index in [0.717, 1.165) is 4.88 Å². The van der Waals surface area contributed by atoms with E-state index in [1.807, 2.05) is 17.5 Å². The van der Waals surface area contributed by atoms with Gasteiger partial charge in [-0.15, -0.1) is 29.5 Å². The third-order valence-corrected chi connectivity index (χ3v) is 9.03. The third-order valence-electron chi connectivity index (χ3n) is 6.20. The fourth-order valence-corrected chi connectivity index (χ4v) is 6.89. The highest BCUT2D eigenvalue weighted by molar-refractivity contribution is 8.03. The molecule has 41 heavy (non-hydrogen) atoms. The van der Waals surface area contributed by atoms with E-state index in [9.17, 15) is 19.5 Å². The molecule has 5 rings (SSSR count). The van der Waals surface area contributed by atoms with Crippen molar-refractivity contribution in [3.05, 3.63) is 84.8 Å². The molecule has 2 aromatic carbocycles. The first-order valence-electron chi connectivity index (χ1n) is 11.9. The second-order valence-corrected chi connectivity index (χ2v) is 12.2. The smallest absolute Gasteiger partial charge is 0.331 e. The van der Waals surface area contributed by atoms with Gasteiger partial charge in [-0.2, -0.15) is 0 Å². The Labute approximate surface area is 258 Å². The van der Waals surface area contributed by atoms with Gasteiger partial charge < -0.3 is 24.8 Å². The quantitative estimate of drug-likeness (QED) is 0.221. The van der Waals surface area contributed by atoms with Crippen LogP contribution in [0.1, 0.15) is 4.88 Å². The Bertz CT molecular complexity index is 1590. The number of β-lactam (4-membered cyclic amide) rings is 1. The number of carboxylic acids is 1. The van der Waals surface area contributed by atoms with Crippen molar-refractivity contribution in [2.24, 2.45) is 0 Å². The zero-order valence-corrected chi connectivity index (χ0v) is 24.7. The van der Waals surface area contributed by atoms with Crippen LogP contribution in [0.5, 0.6) is 17.2 Å². The first-order chi connectivity index (χ1) is 19.7. The van der Waals surface area contributed by atoms with E-state index >= 15 is 0 Å². The van der Waals surface area contributed by atoms with Crippen LogP contribution in [0.15, 0.2) is 64.9 Å². The number of amides is 2. The summed E-state index contributed by atoms with van der Waals surface area (Å²) in [4.78, 5) is 40.0. The number of thiophene rings is 1. The number of thioether (sulfide) groups is 1. The Morgan fingerprint density at radius 2 is 1.83 bits per heavy atom. The number of carbonyl (C=O) groups excluding carboxylic acids is 2. The molecule has 0 radical (unpaired) electrons. The standard InChI is InChI=1S/C28H19Cl3N2O6S2/c1-2-19(38-22-11-15(30)6-8-21(22)39-20-7-5-14(29)10-18(20)31)17-13-41-27-24(26(35)33(27)25(17)28(36)37)32-23(34)12-16-4-3-9-40-16/h1,3-11,13,19,24-25,27H,12H2,(H,32,34)(H,36,37)/t19?,24?,25?,27-/m0/s1. The zero-order valence-electron chi connectivity index (χ0n) is 20.8. The molecule has 2 aliphatic heterocycles. The molecule has 2 amide bonds. The van der Waals surface area contributed by atoms with Gasteiger partial charge in [0.25, 0.3) is 0 Å². The van der Waals surface area contributed by atoms with Crippen molar-refractivity contribution in [2.75, 3.05) is 0 Å². The van der Waals surface area contributed by atoms with Crippen LogP contribution in [0.25, 0.3) is 0 Å². The summed E-state index contributed by atoms with van der Waals surface area (Å²) >= 11 is 21.0. The lowest BCUT2D eigenvalue weighted by Crippen LogP contribution is -2.74. The summed E-state index contributed by atoms with van der Waals surface area (Å²) in [5.74, 6) is 0.934. The number of carboxylic acid groups (broad SMARTS) is 1. The SMILES string of the molecule is C#CC(Oc1cc(Cl)ccc1Oc1ccc(Cl)cc1Cl)C1=CS[C@H]2C(NC(=O)Cc3cccs3)C(=O)N2C1C(=O)O. The maximum Gasteiger partial charge on any atom is 0.331 e. The highest BCUT2D eigenvalue weighted by Gasteiger charge is 2.56. The van der Waals surface area contributed by atoms with Gasteiger partial charge in [-0.3, -0.25) is 9.59 Å². The van der Waals surface area contributed by atoms with Gasteiger partial charge in [0.15, 0.2) is 23.6 Å². The zero-order chi connectivity index (χ0) is 29.3. The van der Waals surface area contributed by atoms with Crippen LogP contribution < -0.4 is 14.8 Å². The molecule has 0 aliphatic carbocycles. The van der Waals surface area contributed by atoms with Crippen LogP contribution in [0.4, 0.5) is 0 Å². The molecule has 2 N–H and O–H groups in total. The van der Waals surface area contributed by atoms with Crippen molar-refractivity contribution < 1.29 is 29.0 Å². The second kappa shape index (κ2) is 12.3. The van der Waals surface area contributed by atoms with Gasteiger partial charge in [0.05, 0.1) is 11.4 Å². The Balaban J connectivity index is 1.36. The van der Waals surface area contributed by atoms with Gasteiger partial charge in [0, 0.05) is 26.6 Å². The molecule has 3 heterocycles. The number of terminal acetylenes is 1. The van der Waals surface area contributed by atoms with E-state index in [0.29, 0.717) is 10.0 Å². The minimum absolute atomic E-state index is 0.122. The molecule has 3 aromatic rings. The number of aliphatic carboxylic acids is 1. The summed E-state index contributed by atoms with van der Waals surface area (Å²) in [5.41, 5.74) is 0.161. The number of hydrogen-bond acceptors (Lipinski definition) is 7. The Morgan fingerprint density at radius 1 is 1.10 bits per heavy atom. The molecular weight excluding hydrogens is 631 g/mol. The van der Waals surface area contributed by atoms with Gasteiger partial charge in [0.1, 0.15) is 17.2 Å². The van der Waals surface area contributed by atoms with E-state index in [1.165, 1.54) is 40.1 Å². The van der Waals surface area contributed by atoms with E-state index in [-0.39, 0.29) is 40.2 Å². The molecule has 1 fully saturated rings. The minimum atomic E-state index is -1.41. The van der Waals surface area contributed by atoms with Gasteiger partial charge in [-0.1, -0.05) is 46.8 Å². The predicted molar refractivity (Wildman–Crippen MR) is 159 cm³/mol. The van der Waals surface area contributed by atoms with E-state index in [2.05, 4.69) is 11.2 Å². The Morgan fingerprint density at radius 3 is 2.49 bits per heavy atom. The number of fused-ring (bicyclic) bond motifs is 1. The lowest BCUT2D eigenvalue weighted by molar-refractivity contribution is -0.160. The fraction of sp³-hybridized carbons (Fsp3) is 0.179. The van der Waals surface area contributed by atoms with Crippen LogP contribution in [0, 0.1) is 12.3 Å². The molecule has 3 unspecified atom stereocenters. The summed E-state index contributed by atoms with van der Waals surface area (Å²) in [5, 5.41) is 16.6. The van der Waals surface area contributed by atoms with Crippen molar-refractivity contribution in [2.45, 2.75) is 30.0 Å². The largest absolute Gasteiger partial charge is 0.479 e. The maximum atomic E-state index is 13.1.